The molecule has 5 heteroatoms. The molecule has 142 valence electrons. The number of aliphatic carboxylic acids is 2. The van der Waals surface area contributed by atoms with E-state index in [1.807, 2.05) is 91.0 Å². The number of rotatable bonds is 6. The fraction of sp³-hybridized carbons (Fsp3) is 0.0435. The lowest BCUT2D eigenvalue weighted by Crippen LogP contribution is -2.36. The van der Waals surface area contributed by atoms with Crippen LogP contribution >= 0.6 is 13.5 Å². The van der Waals surface area contributed by atoms with Crippen LogP contribution in [0.25, 0.3) is 0 Å². The normalized spacial score (nSPS) is 11.4. The summed E-state index contributed by atoms with van der Waals surface area (Å²) in [4.78, 5) is 23.8. The molecule has 0 amide bonds. The summed E-state index contributed by atoms with van der Waals surface area (Å²) in [7, 11) is 0. The molecule has 28 heavy (non-hydrogen) atoms. The summed E-state index contributed by atoms with van der Waals surface area (Å²) < 4.78 is 0. The van der Waals surface area contributed by atoms with Crippen LogP contribution in [0.4, 0.5) is 0 Å². The lowest BCUT2D eigenvalue weighted by molar-refractivity contribution is -0.135. The van der Waals surface area contributed by atoms with Gasteiger partial charge in [-0.25, -0.2) is 9.59 Å². The predicted octanol–water partition coefficient (Wildman–Crippen LogP) is 4.23. The summed E-state index contributed by atoms with van der Waals surface area (Å²) in [6, 6.07) is 27.3. The molecule has 3 aromatic carbocycles. The van der Waals surface area contributed by atoms with E-state index >= 15 is 0 Å². The lowest BCUT2D eigenvalue weighted by atomic mass is 9.64. The second-order valence-electron chi connectivity index (χ2n) is 6.05. The van der Waals surface area contributed by atoms with Gasteiger partial charge in [-0.05, 0) is 16.7 Å². The predicted molar refractivity (Wildman–Crippen MR) is 113 cm³/mol. The molecule has 0 bridgehead atoms. The highest BCUT2D eigenvalue weighted by atomic mass is 32.1. The zero-order chi connectivity index (χ0) is 19.3. The third-order valence-electron chi connectivity index (χ3n) is 4.52. The minimum Gasteiger partial charge on any atom is -0.478 e. The average molecular weight is 392 g/mol. The Hall–Kier alpha value is -3.31. The smallest absolute Gasteiger partial charge is 0.333 e. The van der Waals surface area contributed by atoms with Crippen LogP contribution in [0.3, 0.4) is 0 Å². The summed E-state index contributed by atoms with van der Waals surface area (Å²) in [5.41, 5.74) is 0.541. The van der Waals surface area contributed by atoms with Crippen molar-refractivity contribution < 1.29 is 19.8 Å². The molecule has 0 spiro atoms. The van der Waals surface area contributed by atoms with Crippen molar-refractivity contribution in [3.8, 4) is 0 Å². The molecule has 0 saturated carbocycles. The van der Waals surface area contributed by atoms with E-state index in [0.29, 0.717) is 16.7 Å². The van der Waals surface area contributed by atoms with Gasteiger partial charge in [0.25, 0.3) is 0 Å². The van der Waals surface area contributed by atoms with Crippen LogP contribution in [0.2, 0.25) is 0 Å². The van der Waals surface area contributed by atoms with E-state index in [-0.39, 0.29) is 19.1 Å². The number of hydrogen-bond acceptors (Lipinski definition) is 2. The van der Waals surface area contributed by atoms with Crippen molar-refractivity contribution in [2.45, 2.75) is 5.41 Å². The van der Waals surface area contributed by atoms with Crippen LogP contribution in [-0.4, -0.2) is 22.2 Å². The molecule has 0 aliphatic carbocycles. The Kier molecular flexibility index (Phi) is 6.79. The van der Waals surface area contributed by atoms with E-state index in [0.717, 1.165) is 6.08 Å². The average Bonchev–Trinajstić information content (AvgIpc) is 2.70. The van der Waals surface area contributed by atoms with E-state index in [9.17, 15) is 19.8 Å². The van der Waals surface area contributed by atoms with Crippen molar-refractivity contribution in [3.63, 3.8) is 0 Å². The maximum Gasteiger partial charge on any atom is 0.333 e. The lowest BCUT2D eigenvalue weighted by Gasteiger charge is -2.36. The number of carbonyl (C=O) groups is 2. The zero-order valence-electron chi connectivity index (χ0n) is 14.9. The first-order chi connectivity index (χ1) is 13.1. The van der Waals surface area contributed by atoms with E-state index in [1.54, 1.807) is 0 Å². The number of hydrogen-bond donors (Lipinski definition) is 2. The van der Waals surface area contributed by atoms with Gasteiger partial charge in [-0.2, -0.15) is 13.5 Å². The Labute approximate surface area is 170 Å². The summed E-state index contributed by atoms with van der Waals surface area (Å²) in [5, 5.41) is 19.4. The topological polar surface area (TPSA) is 74.6 Å². The quantitative estimate of drug-likeness (QED) is 0.486. The first-order valence-corrected chi connectivity index (χ1v) is 8.41. The van der Waals surface area contributed by atoms with Crippen molar-refractivity contribution in [3.05, 3.63) is 119 Å². The summed E-state index contributed by atoms with van der Waals surface area (Å²) in [5.74, 6) is -2.59. The number of carboxylic acid groups (broad SMARTS) is 2. The van der Waals surface area contributed by atoms with Gasteiger partial charge in [-0.1, -0.05) is 91.0 Å². The second-order valence-corrected chi connectivity index (χ2v) is 6.05. The SMILES string of the molecule is O=C(O)/C=C(\C(=O)O)C(c1ccccc1)(c1ccccc1)c1ccccc1.S. The molecule has 0 saturated heterocycles. The van der Waals surface area contributed by atoms with Crippen LogP contribution in [0, 0.1) is 0 Å². The van der Waals surface area contributed by atoms with E-state index in [4.69, 9.17) is 0 Å². The van der Waals surface area contributed by atoms with Crippen LogP contribution in [0.15, 0.2) is 103 Å². The highest BCUT2D eigenvalue weighted by Crippen LogP contribution is 2.45. The van der Waals surface area contributed by atoms with Gasteiger partial charge < -0.3 is 10.2 Å². The van der Waals surface area contributed by atoms with Crippen LogP contribution < -0.4 is 0 Å². The maximum atomic E-state index is 12.3. The van der Waals surface area contributed by atoms with Crippen LogP contribution in [-0.2, 0) is 15.0 Å². The van der Waals surface area contributed by atoms with Gasteiger partial charge >= 0.3 is 11.9 Å². The van der Waals surface area contributed by atoms with Crippen LogP contribution in [0.5, 0.6) is 0 Å². The standard InChI is InChI=1S/C23H18O4.H2S/c24-21(25)16-20(22(26)27)23(17-10-4-1-5-11-17,18-12-6-2-7-13-18)19-14-8-3-9-15-19;/h1-16H,(H,24,25)(H,26,27);1H2/b20-16+;. The first kappa shape index (κ1) is 21.0. The minimum atomic E-state index is -1.31. The van der Waals surface area contributed by atoms with Crippen molar-refractivity contribution in [1.29, 1.82) is 0 Å². The van der Waals surface area contributed by atoms with Crippen molar-refractivity contribution >= 4 is 25.4 Å². The van der Waals surface area contributed by atoms with Crippen molar-refractivity contribution in [2.75, 3.05) is 0 Å². The van der Waals surface area contributed by atoms with E-state index in [1.165, 1.54) is 0 Å². The van der Waals surface area contributed by atoms with Gasteiger partial charge in [-0.3, -0.25) is 0 Å². The molecule has 0 aliphatic rings. The molecular weight excluding hydrogens is 372 g/mol. The number of benzene rings is 3. The molecule has 4 nitrogen and oxygen atoms in total. The molecule has 2 N–H and O–H groups in total. The second kappa shape index (κ2) is 9.06. The highest BCUT2D eigenvalue weighted by molar-refractivity contribution is 7.59. The monoisotopic (exact) mass is 392 g/mol. The zero-order valence-corrected chi connectivity index (χ0v) is 15.9. The minimum absolute atomic E-state index is 0. The van der Waals surface area contributed by atoms with Crippen molar-refractivity contribution in [2.24, 2.45) is 0 Å². The Morgan fingerprint density at radius 3 is 1.21 bits per heavy atom. The van der Waals surface area contributed by atoms with Gasteiger partial charge in [0.2, 0.25) is 0 Å². The third-order valence-corrected chi connectivity index (χ3v) is 4.52. The summed E-state index contributed by atoms with van der Waals surface area (Å²) in [6.07, 6.45) is 0.787. The summed E-state index contributed by atoms with van der Waals surface area (Å²) >= 11 is 0. The highest BCUT2D eigenvalue weighted by Gasteiger charge is 2.43. The fourth-order valence-corrected chi connectivity index (χ4v) is 3.48. The molecule has 0 radical (unpaired) electrons. The third kappa shape index (κ3) is 3.85. The van der Waals surface area contributed by atoms with Gasteiger partial charge in [0, 0.05) is 6.08 Å². The first-order valence-electron chi connectivity index (χ1n) is 8.41. The van der Waals surface area contributed by atoms with Crippen LogP contribution in [0.1, 0.15) is 16.7 Å². The number of carboxylic acids is 2. The van der Waals surface area contributed by atoms with Gasteiger partial charge in [0.05, 0.1) is 11.0 Å². The maximum absolute atomic E-state index is 12.3. The van der Waals surface area contributed by atoms with E-state index in [2.05, 4.69) is 0 Å². The van der Waals surface area contributed by atoms with Gasteiger partial charge in [0.15, 0.2) is 0 Å². The molecule has 3 aromatic rings. The van der Waals surface area contributed by atoms with Gasteiger partial charge in [0.1, 0.15) is 0 Å². The largest absolute Gasteiger partial charge is 0.478 e. The molecule has 0 aliphatic heterocycles. The molecule has 0 aromatic heterocycles. The molecular formula is C23H20O4S. The Balaban J connectivity index is 0.00000280. The Morgan fingerprint density at radius 1 is 0.643 bits per heavy atom. The van der Waals surface area contributed by atoms with Crippen molar-refractivity contribution in [1.82, 2.24) is 0 Å². The Bertz CT molecular complexity index is 871. The summed E-state index contributed by atoms with van der Waals surface area (Å²) in [6.45, 7) is 0. The molecule has 3 rings (SSSR count). The fourth-order valence-electron chi connectivity index (χ4n) is 3.48. The van der Waals surface area contributed by atoms with E-state index < -0.39 is 17.4 Å². The molecule has 0 fully saturated rings. The van der Waals surface area contributed by atoms with Gasteiger partial charge in [-0.15, -0.1) is 0 Å². The molecule has 0 heterocycles. The molecule has 0 unspecified atom stereocenters. The Morgan fingerprint density at radius 2 is 0.964 bits per heavy atom. The molecule has 0 atom stereocenters.